The fourth-order valence-corrected chi connectivity index (χ4v) is 4.36. The molecule has 1 fully saturated rings. The third kappa shape index (κ3) is 4.97. The maximum atomic E-state index is 13.2. The molecule has 0 bridgehead atoms. The van der Waals surface area contributed by atoms with Crippen LogP contribution in [0.3, 0.4) is 0 Å². The minimum Gasteiger partial charge on any atom is -0.481 e. The van der Waals surface area contributed by atoms with Crippen molar-refractivity contribution in [3.63, 3.8) is 0 Å². The summed E-state index contributed by atoms with van der Waals surface area (Å²) in [7, 11) is 0. The van der Waals surface area contributed by atoms with E-state index in [0.717, 1.165) is 51.4 Å². The second-order valence-corrected chi connectivity index (χ2v) is 7.27. The summed E-state index contributed by atoms with van der Waals surface area (Å²) in [4.78, 5) is 25.2. The molecule has 1 saturated carbocycles. The summed E-state index contributed by atoms with van der Waals surface area (Å²) in [6.07, 6.45) is 10.1. The van der Waals surface area contributed by atoms with Crippen molar-refractivity contribution in [2.45, 2.75) is 91.4 Å². The minimum absolute atomic E-state index is 0.146. The monoisotopic (exact) mass is 340 g/mol. The molecule has 0 heterocycles. The van der Waals surface area contributed by atoms with Gasteiger partial charge in [0.2, 0.25) is 0 Å². The maximum absolute atomic E-state index is 13.2. The second kappa shape index (κ2) is 10.7. The summed E-state index contributed by atoms with van der Waals surface area (Å²) in [5.41, 5.74) is -0.843. The lowest BCUT2D eigenvalue weighted by atomic mass is 9.59. The van der Waals surface area contributed by atoms with Gasteiger partial charge in [0.1, 0.15) is 0 Å². The average molecular weight is 341 g/mol. The third-order valence-corrected chi connectivity index (χ3v) is 5.72. The van der Waals surface area contributed by atoms with E-state index in [2.05, 4.69) is 13.8 Å². The molecule has 1 N–H and O–H groups in total. The van der Waals surface area contributed by atoms with Crippen LogP contribution in [-0.4, -0.2) is 23.7 Å². The maximum Gasteiger partial charge on any atom is 0.313 e. The van der Waals surface area contributed by atoms with Crippen LogP contribution < -0.4 is 0 Å². The van der Waals surface area contributed by atoms with Gasteiger partial charge in [-0.1, -0.05) is 59.3 Å². The first-order valence-corrected chi connectivity index (χ1v) is 9.94. The molecule has 0 radical (unpaired) electrons. The van der Waals surface area contributed by atoms with Gasteiger partial charge >= 0.3 is 11.9 Å². The number of hydrogen-bond donors (Lipinski definition) is 1. The number of aliphatic carboxylic acids is 1. The summed E-state index contributed by atoms with van der Waals surface area (Å²) in [6, 6.07) is 0. The zero-order chi connectivity index (χ0) is 18.0. The predicted octanol–water partition coefficient (Wildman–Crippen LogP) is 5.20. The number of carboxylic acids is 1. The Balaban J connectivity index is 3.18. The topological polar surface area (TPSA) is 63.6 Å². The van der Waals surface area contributed by atoms with Crippen molar-refractivity contribution in [3.8, 4) is 0 Å². The number of hydrogen-bond acceptors (Lipinski definition) is 3. The van der Waals surface area contributed by atoms with Crippen LogP contribution in [0.1, 0.15) is 91.4 Å². The molecule has 2 atom stereocenters. The van der Waals surface area contributed by atoms with Gasteiger partial charge in [0.05, 0.1) is 17.9 Å². The quantitative estimate of drug-likeness (QED) is 0.415. The summed E-state index contributed by atoms with van der Waals surface area (Å²) in [5, 5.41) is 9.85. The normalized spacial score (nSPS) is 19.5. The number of carbonyl (C=O) groups excluding carboxylic acids is 1. The van der Waals surface area contributed by atoms with E-state index in [9.17, 15) is 14.7 Å². The Hall–Kier alpha value is -1.06. The van der Waals surface area contributed by atoms with Gasteiger partial charge in [0.25, 0.3) is 0 Å². The smallest absolute Gasteiger partial charge is 0.313 e. The zero-order valence-electron chi connectivity index (χ0n) is 15.8. The molecule has 0 spiro atoms. The molecular weight excluding hydrogens is 304 g/mol. The number of carboxylic acid groups (broad SMARTS) is 1. The molecule has 0 aliphatic heterocycles. The van der Waals surface area contributed by atoms with Crippen molar-refractivity contribution in [1.29, 1.82) is 0 Å². The number of esters is 1. The van der Waals surface area contributed by atoms with Crippen LogP contribution >= 0.6 is 0 Å². The molecule has 4 heteroatoms. The van der Waals surface area contributed by atoms with Crippen LogP contribution in [0.5, 0.6) is 0 Å². The lowest BCUT2D eigenvalue weighted by Gasteiger charge is -2.44. The average Bonchev–Trinajstić information content (AvgIpc) is 2.59. The minimum atomic E-state index is -0.843. The summed E-state index contributed by atoms with van der Waals surface area (Å²) in [5.74, 6) is -1.58. The van der Waals surface area contributed by atoms with Gasteiger partial charge in [-0.25, -0.2) is 0 Å². The Morgan fingerprint density at radius 3 is 2.21 bits per heavy atom. The van der Waals surface area contributed by atoms with Crippen molar-refractivity contribution < 1.29 is 19.4 Å². The van der Waals surface area contributed by atoms with Gasteiger partial charge in [-0.3, -0.25) is 9.59 Å². The standard InChI is InChI=1S/C20H36O4/c1-4-7-14-20(17(6-3)18(21)22,16-12-10-9-11-13-16)19(23)24-15-8-5-2/h16-17H,4-15H2,1-3H3,(H,21,22). The molecule has 0 saturated heterocycles. The molecule has 1 rings (SSSR count). The van der Waals surface area contributed by atoms with Crippen molar-refractivity contribution in [1.82, 2.24) is 0 Å². The van der Waals surface area contributed by atoms with Gasteiger partial charge in [-0.05, 0) is 38.0 Å². The van der Waals surface area contributed by atoms with E-state index in [1.165, 1.54) is 6.42 Å². The fraction of sp³-hybridized carbons (Fsp3) is 0.900. The van der Waals surface area contributed by atoms with E-state index in [0.29, 0.717) is 19.4 Å². The predicted molar refractivity (Wildman–Crippen MR) is 95.8 cm³/mol. The molecule has 24 heavy (non-hydrogen) atoms. The Morgan fingerprint density at radius 2 is 1.71 bits per heavy atom. The van der Waals surface area contributed by atoms with Crippen molar-refractivity contribution >= 4 is 11.9 Å². The molecular formula is C20H36O4. The Kier molecular flexibility index (Phi) is 9.38. The SMILES string of the molecule is CCCCOC(=O)C(CCCC)(C1CCCCC1)C(CC)C(=O)O. The Bertz CT molecular complexity index is 387. The molecule has 4 nitrogen and oxygen atoms in total. The van der Waals surface area contributed by atoms with E-state index < -0.39 is 17.3 Å². The van der Waals surface area contributed by atoms with Crippen LogP contribution in [0.25, 0.3) is 0 Å². The highest BCUT2D eigenvalue weighted by molar-refractivity contribution is 5.85. The largest absolute Gasteiger partial charge is 0.481 e. The first kappa shape index (κ1) is 21.0. The molecule has 0 aromatic carbocycles. The van der Waals surface area contributed by atoms with Crippen LogP contribution in [0.15, 0.2) is 0 Å². The van der Waals surface area contributed by atoms with Gasteiger partial charge in [-0.15, -0.1) is 0 Å². The van der Waals surface area contributed by atoms with Crippen LogP contribution in [0.4, 0.5) is 0 Å². The van der Waals surface area contributed by atoms with Gasteiger partial charge in [-0.2, -0.15) is 0 Å². The van der Waals surface area contributed by atoms with Crippen LogP contribution in [0.2, 0.25) is 0 Å². The highest BCUT2D eigenvalue weighted by Gasteiger charge is 2.54. The highest BCUT2D eigenvalue weighted by Crippen LogP contribution is 2.49. The zero-order valence-corrected chi connectivity index (χ0v) is 15.8. The van der Waals surface area contributed by atoms with Crippen LogP contribution in [0, 0.1) is 17.3 Å². The summed E-state index contributed by atoms with van der Waals surface area (Å²) in [6.45, 7) is 6.45. The van der Waals surface area contributed by atoms with E-state index in [4.69, 9.17) is 4.74 Å². The molecule has 0 aromatic heterocycles. The summed E-state index contributed by atoms with van der Waals surface area (Å²) >= 11 is 0. The Labute approximate surface area is 147 Å². The molecule has 2 unspecified atom stereocenters. The lowest BCUT2D eigenvalue weighted by Crippen LogP contribution is -2.49. The van der Waals surface area contributed by atoms with Crippen molar-refractivity contribution in [3.05, 3.63) is 0 Å². The van der Waals surface area contributed by atoms with Gasteiger partial charge in [0, 0.05) is 0 Å². The molecule has 1 aliphatic rings. The molecule has 0 aromatic rings. The van der Waals surface area contributed by atoms with Gasteiger partial charge in [0.15, 0.2) is 0 Å². The van der Waals surface area contributed by atoms with Crippen LogP contribution in [-0.2, 0) is 14.3 Å². The van der Waals surface area contributed by atoms with Crippen molar-refractivity contribution in [2.75, 3.05) is 6.61 Å². The number of unbranched alkanes of at least 4 members (excludes halogenated alkanes) is 2. The number of carbonyl (C=O) groups is 2. The lowest BCUT2D eigenvalue weighted by molar-refractivity contribution is -0.175. The van der Waals surface area contributed by atoms with E-state index >= 15 is 0 Å². The molecule has 1 aliphatic carbocycles. The van der Waals surface area contributed by atoms with Gasteiger partial charge < -0.3 is 9.84 Å². The Morgan fingerprint density at radius 1 is 1.08 bits per heavy atom. The first-order valence-electron chi connectivity index (χ1n) is 9.94. The molecule has 0 amide bonds. The van der Waals surface area contributed by atoms with E-state index in [1.807, 2.05) is 6.92 Å². The first-order chi connectivity index (χ1) is 11.5. The van der Waals surface area contributed by atoms with E-state index in [1.54, 1.807) is 0 Å². The third-order valence-electron chi connectivity index (χ3n) is 5.72. The summed E-state index contributed by atoms with van der Waals surface area (Å²) < 4.78 is 5.63. The molecule has 140 valence electrons. The fourth-order valence-electron chi connectivity index (χ4n) is 4.36. The van der Waals surface area contributed by atoms with Crippen molar-refractivity contribution in [2.24, 2.45) is 17.3 Å². The second-order valence-electron chi connectivity index (χ2n) is 7.27. The van der Waals surface area contributed by atoms with E-state index in [-0.39, 0.29) is 11.9 Å². The number of rotatable bonds is 11. The highest BCUT2D eigenvalue weighted by atomic mass is 16.5. The number of ether oxygens (including phenoxy) is 1.